The maximum absolute atomic E-state index is 12.0. The summed E-state index contributed by atoms with van der Waals surface area (Å²) in [4.78, 5) is 34.8. The number of carbonyl (C=O) groups excluding carboxylic acids is 3. The molecule has 30 heavy (non-hydrogen) atoms. The van der Waals surface area contributed by atoms with Crippen LogP contribution >= 0.6 is 0 Å². The second-order valence-electron chi connectivity index (χ2n) is 6.19. The summed E-state index contributed by atoms with van der Waals surface area (Å²) in [5.41, 5.74) is 6.16. The molecule has 1 amide bonds. The highest BCUT2D eigenvalue weighted by Gasteiger charge is 2.07. The molecule has 0 atom stereocenters. The lowest BCUT2D eigenvalue weighted by Gasteiger charge is -2.06. The minimum atomic E-state index is -0.692. The van der Waals surface area contributed by atoms with Crippen LogP contribution in [0.4, 0.5) is 0 Å². The Hall–Kier alpha value is -4.07. The molecular weight excluding hydrogens is 390 g/mol. The van der Waals surface area contributed by atoms with Gasteiger partial charge in [0.15, 0.2) is 41.2 Å². The Morgan fingerprint density at radius 2 is 1.40 bits per heavy atom. The van der Waals surface area contributed by atoms with E-state index < -0.39 is 24.1 Å². The maximum atomic E-state index is 12.0. The number of ether oxygens (including phenoxy) is 2. The molecule has 0 aromatic heterocycles. The van der Waals surface area contributed by atoms with E-state index in [9.17, 15) is 24.6 Å². The molecule has 0 saturated carbocycles. The van der Waals surface area contributed by atoms with Crippen molar-refractivity contribution in [1.29, 1.82) is 0 Å². The van der Waals surface area contributed by atoms with Crippen molar-refractivity contribution in [3.05, 3.63) is 59.7 Å². The quantitative estimate of drug-likeness (QED) is 0.403. The van der Waals surface area contributed by atoms with Gasteiger partial charge in [-0.15, -0.1) is 0 Å². The number of ketones is 2. The Balaban J connectivity index is 1.96. The number of allylic oxidation sites excluding steroid dienone is 2. The van der Waals surface area contributed by atoms with Crippen molar-refractivity contribution >= 4 is 29.6 Å². The van der Waals surface area contributed by atoms with E-state index in [0.29, 0.717) is 11.1 Å². The zero-order chi connectivity index (χ0) is 22.1. The first kappa shape index (κ1) is 22.2. The molecule has 4 N–H and O–H groups in total. The van der Waals surface area contributed by atoms with Crippen molar-refractivity contribution in [2.75, 3.05) is 13.7 Å². The highest BCUT2D eigenvalue weighted by atomic mass is 16.5. The molecule has 2 aromatic carbocycles. The number of rotatable bonds is 10. The predicted octanol–water partition coefficient (Wildman–Crippen LogP) is 2.23. The average molecular weight is 411 g/mol. The van der Waals surface area contributed by atoms with Crippen LogP contribution in [0.5, 0.6) is 23.0 Å². The van der Waals surface area contributed by atoms with Crippen LogP contribution in [0.15, 0.2) is 48.6 Å². The summed E-state index contributed by atoms with van der Waals surface area (Å²) in [5.74, 6) is -1.37. The van der Waals surface area contributed by atoms with Crippen LogP contribution in [-0.2, 0) is 14.4 Å². The van der Waals surface area contributed by atoms with Crippen LogP contribution in [0.25, 0.3) is 12.2 Å². The topological polar surface area (TPSA) is 136 Å². The first-order chi connectivity index (χ1) is 14.3. The average Bonchev–Trinajstić information content (AvgIpc) is 2.71. The van der Waals surface area contributed by atoms with Gasteiger partial charge in [-0.2, -0.15) is 0 Å². The first-order valence-corrected chi connectivity index (χ1v) is 8.81. The SMILES string of the molecule is COc1cc(/C=C/C(=O)CC(=O)/C=C/c2ccc(O)c(OCC(N)=O)c2)ccc1O. The standard InChI is InChI=1S/C22H21NO7/c1-29-20-10-14(4-8-18(20)26)2-6-16(24)12-17(25)7-3-15-5-9-19(27)21(11-15)30-13-22(23)28/h2-11,26-27H,12-13H2,1H3,(H2,23,28)/b6-2+,7-3+. The van der Waals surface area contributed by atoms with E-state index >= 15 is 0 Å². The zero-order valence-electron chi connectivity index (χ0n) is 16.2. The van der Waals surface area contributed by atoms with Gasteiger partial charge in [-0.1, -0.05) is 24.3 Å². The second kappa shape index (κ2) is 10.5. The normalized spacial score (nSPS) is 11.0. The summed E-state index contributed by atoms with van der Waals surface area (Å²) in [5, 5.41) is 19.3. The van der Waals surface area contributed by atoms with Crippen molar-refractivity contribution in [3.63, 3.8) is 0 Å². The number of phenolic OH excluding ortho intramolecular Hbond substituents is 2. The highest BCUT2D eigenvalue weighted by Crippen LogP contribution is 2.28. The van der Waals surface area contributed by atoms with Crippen LogP contribution in [0.3, 0.4) is 0 Å². The van der Waals surface area contributed by atoms with Gasteiger partial charge in [0.1, 0.15) is 0 Å². The van der Waals surface area contributed by atoms with Crippen molar-refractivity contribution in [3.8, 4) is 23.0 Å². The lowest BCUT2D eigenvalue weighted by Crippen LogP contribution is -2.20. The second-order valence-corrected chi connectivity index (χ2v) is 6.19. The number of primary amides is 1. The van der Waals surface area contributed by atoms with Gasteiger partial charge in [0.25, 0.3) is 5.91 Å². The van der Waals surface area contributed by atoms with E-state index in [1.165, 1.54) is 55.7 Å². The molecule has 8 nitrogen and oxygen atoms in total. The summed E-state index contributed by atoms with van der Waals surface area (Å²) in [6.07, 6.45) is 5.16. The number of phenols is 2. The fourth-order valence-electron chi connectivity index (χ4n) is 2.36. The number of carbonyl (C=O) groups is 3. The minimum absolute atomic E-state index is 0.0151. The van der Waals surface area contributed by atoms with Crippen LogP contribution in [0, 0.1) is 0 Å². The van der Waals surface area contributed by atoms with Crippen LogP contribution in [0.1, 0.15) is 17.5 Å². The van der Waals surface area contributed by atoms with Crippen molar-refractivity contribution in [2.24, 2.45) is 5.73 Å². The third kappa shape index (κ3) is 6.83. The lowest BCUT2D eigenvalue weighted by molar-refractivity contribution is -0.122. The number of hydrogen-bond donors (Lipinski definition) is 3. The molecule has 0 radical (unpaired) electrons. The Kier molecular flexibility index (Phi) is 7.75. The summed E-state index contributed by atoms with van der Waals surface area (Å²) in [6, 6.07) is 8.92. The van der Waals surface area contributed by atoms with Crippen molar-refractivity contribution < 1.29 is 34.1 Å². The van der Waals surface area contributed by atoms with Crippen LogP contribution in [0.2, 0.25) is 0 Å². The molecule has 156 valence electrons. The highest BCUT2D eigenvalue weighted by molar-refractivity contribution is 6.10. The van der Waals surface area contributed by atoms with Crippen LogP contribution < -0.4 is 15.2 Å². The van der Waals surface area contributed by atoms with Crippen LogP contribution in [-0.4, -0.2) is 41.4 Å². The molecule has 0 saturated heterocycles. The molecule has 8 heteroatoms. The predicted molar refractivity (Wildman–Crippen MR) is 110 cm³/mol. The zero-order valence-corrected chi connectivity index (χ0v) is 16.2. The van der Waals surface area contributed by atoms with Gasteiger partial charge in [0.2, 0.25) is 0 Å². The summed E-state index contributed by atoms with van der Waals surface area (Å²) < 4.78 is 10.1. The first-order valence-electron chi connectivity index (χ1n) is 8.81. The van der Waals surface area contributed by atoms with Gasteiger partial charge >= 0.3 is 0 Å². The number of hydrogen-bond acceptors (Lipinski definition) is 7. The number of aromatic hydroxyl groups is 2. The van der Waals surface area contributed by atoms with E-state index in [2.05, 4.69) is 0 Å². The summed E-state index contributed by atoms with van der Waals surface area (Å²) >= 11 is 0. The number of nitrogens with two attached hydrogens (primary N) is 1. The fourth-order valence-corrected chi connectivity index (χ4v) is 2.36. The van der Waals surface area contributed by atoms with Crippen molar-refractivity contribution in [2.45, 2.75) is 6.42 Å². The molecule has 0 aliphatic rings. The fraction of sp³-hybridized carbons (Fsp3) is 0.136. The summed E-state index contributed by atoms with van der Waals surface area (Å²) in [7, 11) is 1.42. The molecular formula is C22H21NO7. The molecule has 2 rings (SSSR count). The molecule has 0 unspecified atom stereocenters. The Morgan fingerprint density at radius 1 is 0.900 bits per heavy atom. The van der Waals surface area contributed by atoms with Gasteiger partial charge in [-0.05, 0) is 47.5 Å². The Morgan fingerprint density at radius 3 is 1.90 bits per heavy atom. The molecule has 0 aliphatic heterocycles. The smallest absolute Gasteiger partial charge is 0.255 e. The van der Waals surface area contributed by atoms with Gasteiger partial charge in [0.05, 0.1) is 13.5 Å². The van der Waals surface area contributed by atoms with E-state index in [4.69, 9.17) is 15.2 Å². The molecule has 0 aliphatic carbocycles. The molecule has 0 spiro atoms. The third-order valence-corrected chi connectivity index (χ3v) is 3.83. The van der Waals surface area contributed by atoms with Gasteiger partial charge < -0.3 is 25.4 Å². The number of benzene rings is 2. The minimum Gasteiger partial charge on any atom is -0.504 e. The number of amides is 1. The van der Waals surface area contributed by atoms with E-state index in [0.717, 1.165) is 0 Å². The lowest BCUT2D eigenvalue weighted by atomic mass is 10.1. The third-order valence-electron chi connectivity index (χ3n) is 3.83. The van der Waals surface area contributed by atoms with Gasteiger partial charge in [-0.25, -0.2) is 0 Å². The van der Waals surface area contributed by atoms with Crippen molar-refractivity contribution in [1.82, 2.24) is 0 Å². The maximum Gasteiger partial charge on any atom is 0.255 e. The summed E-state index contributed by atoms with van der Waals surface area (Å²) in [6.45, 7) is -0.395. The monoisotopic (exact) mass is 411 g/mol. The largest absolute Gasteiger partial charge is 0.504 e. The van der Waals surface area contributed by atoms with E-state index in [1.807, 2.05) is 0 Å². The molecule has 2 aromatic rings. The van der Waals surface area contributed by atoms with Gasteiger partial charge in [-0.3, -0.25) is 14.4 Å². The molecule has 0 bridgehead atoms. The number of methoxy groups -OCH3 is 1. The Labute approximate surface area is 172 Å². The molecule has 0 heterocycles. The van der Waals surface area contributed by atoms with Gasteiger partial charge in [0, 0.05) is 0 Å². The Bertz CT molecular complexity index is 1010. The van der Waals surface area contributed by atoms with E-state index in [-0.39, 0.29) is 29.4 Å². The van der Waals surface area contributed by atoms with E-state index in [1.54, 1.807) is 12.1 Å². The molecule has 0 fully saturated rings.